The number of aliphatic carboxylic acids is 1. The minimum atomic E-state index is -3.96. The van der Waals surface area contributed by atoms with E-state index in [1.807, 2.05) is 0 Å². The Bertz CT molecular complexity index is 421. The first kappa shape index (κ1) is 14.9. The molecule has 1 aliphatic rings. The van der Waals surface area contributed by atoms with Gasteiger partial charge in [-0.15, -0.1) is 0 Å². The van der Waals surface area contributed by atoms with Gasteiger partial charge >= 0.3 is 11.9 Å². The van der Waals surface area contributed by atoms with Crippen molar-refractivity contribution in [2.75, 3.05) is 32.0 Å². The van der Waals surface area contributed by atoms with Gasteiger partial charge in [0, 0.05) is 19.6 Å². The summed E-state index contributed by atoms with van der Waals surface area (Å²) in [5.74, 6) is -2.94. The molecule has 0 aromatic rings. The second kappa shape index (κ2) is 6.12. The van der Waals surface area contributed by atoms with E-state index in [1.165, 1.54) is 0 Å². The fourth-order valence-corrected chi connectivity index (χ4v) is 3.13. The van der Waals surface area contributed by atoms with Gasteiger partial charge in [-0.3, -0.25) is 9.59 Å². The standard InChI is InChI=1S/C9H16N2O6S/c1-2-17-8(12)6-18(15,16)11-4-3-10-5-7(11)9(13)14/h7,10H,2-6H2,1H3,(H,13,14). The van der Waals surface area contributed by atoms with Crippen molar-refractivity contribution in [3.8, 4) is 0 Å². The lowest BCUT2D eigenvalue weighted by Crippen LogP contribution is -2.57. The molecule has 1 aliphatic heterocycles. The van der Waals surface area contributed by atoms with E-state index in [-0.39, 0.29) is 19.7 Å². The van der Waals surface area contributed by atoms with Gasteiger partial charge in [-0.2, -0.15) is 4.31 Å². The summed E-state index contributed by atoms with van der Waals surface area (Å²) in [5, 5.41) is 11.7. The summed E-state index contributed by atoms with van der Waals surface area (Å²) >= 11 is 0. The van der Waals surface area contributed by atoms with Crippen LogP contribution in [0.15, 0.2) is 0 Å². The zero-order valence-electron chi connectivity index (χ0n) is 9.96. The number of nitrogens with one attached hydrogen (secondary N) is 1. The van der Waals surface area contributed by atoms with E-state index in [0.717, 1.165) is 4.31 Å². The molecule has 9 heteroatoms. The first-order valence-corrected chi connectivity index (χ1v) is 7.08. The Balaban J connectivity index is 2.81. The van der Waals surface area contributed by atoms with Crippen molar-refractivity contribution in [2.24, 2.45) is 0 Å². The van der Waals surface area contributed by atoms with Crippen molar-refractivity contribution in [1.29, 1.82) is 0 Å². The van der Waals surface area contributed by atoms with E-state index in [4.69, 9.17) is 5.11 Å². The summed E-state index contributed by atoms with van der Waals surface area (Å²) in [5.41, 5.74) is 0. The summed E-state index contributed by atoms with van der Waals surface area (Å²) in [6, 6.07) is -1.18. The van der Waals surface area contributed by atoms with Gasteiger partial charge < -0.3 is 15.2 Å². The first-order valence-electron chi connectivity index (χ1n) is 5.47. The Morgan fingerprint density at radius 2 is 2.17 bits per heavy atom. The number of piperazine rings is 1. The lowest BCUT2D eigenvalue weighted by molar-refractivity contribution is -0.143. The average molecular weight is 280 g/mol. The molecule has 18 heavy (non-hydrogen) atoms. The Morgan fingerprint density at radius 1 is 1.50 bits per heavy atom. The molecule has 0 aliphatic carbocycles. The number of nitrogens with zero attached hydrogens (tertiary/aromatic N) is 1. The van der Waals surface area contributed by atoms with Crippen LogP contribution in [0.2, 0.25) is 0 Å². The van der Waals surface area contributed by atoms with Gasteiger partial charge in [0.15, 0.2) is 5.75 Å². The minimum Gasteiger partial charge on any atom is -0.480 e. The molecule has 0 aromatic heterocycles. The van der Waals surface area contributed by atoms with Gasteiger partial charge in [0.2, 0.25) is 10.0 Å². The van der Waals surface area contributed by atoms with Crippen LogP contribution in [-0.2, 0) is 24.3 Å². The van der Waals surface area contributed by atoms with Crippen molar-refractivity contribution in [3.63, 3.8) is 0 Å². The van der Waals surface area contributed by atoms with Gasteiger partial charge in [0.05, 0.1) is 6.61 Å². The fraction of sp³-hybridized carbons (Fsp3) is 0.778. The predicted molar refractivity (Wildman–Crippen MR) is 61.4 cm³/mol. The Morgan fingerprint density at radius 3 is 2.72 bits per heavy atom. The highest BCUT2D eigenvalue weighted by Gasteiger charge is 2.37. The number of carbonyl (C=O) groups excluding carboxylic acids is 1. The summed E-state index contributed by atoms with van der Waals surface area (Å²) in [6.07, 6.45) is 0. The maximum atomic E-state index is 11.9. The maximum absolute atomic E-state index is 11.9. The van der Waals surface area contributed by atoms with E-state index in [9.17, 15) is 18.0 Å². The van der Waals surface area contributed by atoms with Crippen LogP contribution in [-0.4, -0.2) is 67.8 Å². The summed E-state index contributed by atoms with van der Waals surface area (Å²) in [7, 11) is -3.96. The fourth-order valence-electron chi connectivity index (χ4n) is 1.66. The van der Waals surface area contributed by atoms with E-state index in [0.29, 0.717) is 6.54 Å². The van der Waals surface area contributed by atoms with Crippen LogP contribution in [0.1, 0.15) is 6.92 Å². The molecule has 1 heterocycles. The van der Waals surface area contributed by atoms with Crippen LogP contribution >= 0.6 is 0 Å². The van der Waals surface area contributed by atoms with Crippen LogP contribution in [0.4, 0.5) is 0 Å². The molecule has 1 unspecified atom stereocenters. The van der Waals surface area contributed by atoms with Gasteiger partial charge in [-0.1, -0.05) is 0 Å². The number of rotatable bonds is 5. The highest BCUT2D eigenvalue weighted by atomic mass is 32.2. The second-order valence-corrected chi connectivity index (χ2v) is 5.65. The number of esters is 1. The van der Waals surface area contributed by atoms with E-state index in [1.54, 1.807) is 6.92 Å². The number of carboxylic acids is 1. The largest absolute Gasteiger partial charge is 0.480 e. The number of carboxylic acid groups (broad SMARTS) is 1. The van der Waals surface area contributed by atoms with Crippen LogP contribution < -0.4 is 5.32 Å². The molecule has 0 radical (unpaired) electrons. The summed E-state index contributed by atoms with van der Waals surface area (Å²) in [6.45, 7) is 2.05. The molecule has 0 saturated carbocycles. The predicted octanol–water partition coefficient (Wildman–Crippen LogP) is -1.76. The molecule has 0 spiro atoms. The van der Waals surface area contributed by atoms with Crippen LogP contribution in [0.3, 0.4) is 0 Å². The molecule has 0 amide bonds. The molecule has 0 bridgehead atoms. The van der Waals surface area contributed by atoms with E-state index < -0.39 is 33.8 Å². The van der Waals surface area contributed by atoms with Crippen molar-refractivity contribution < 1.29 is 27.9 Å². The molecule has 0 aromatic carbocycles. The van der Waals surface area contributed by atoms with Crippen LogP contribution in [0.25, 0.3) is 0 Å². The van der Waals surface area contributed by atoms with Gasteiger partial charge in [-0.25, -0.2) is 8.42 Å². The number of carbonyl (C=O) groups is 2. The normalized spacial score (nSPS) is 21.5. The molecular weight excluding hydrogens is 264 g/mol. The van der Waals surface area contributed by atoms with E-state index >= 15 is 0 Å². The van der Waals surface area contributed by atoms with Gasteiger partial charge in [-0.05, 0) is 6.92 Å². The lowest BCUT2D eigenvalue weighted by Gasteiger charge is -2.32. The topological polar surface area (TPSA) is 113 Å². The minimum absolute atomic E-state index is 0.0252. The smallest absolute Gasteiger partial charge is 0.323 e. The summed E-state index contributed by atoms with van der Waals surface area (Å²) < 4.78 is 29.2. The highest BCUT2D eigenvalue weighted by Crippen LogP contribution is 2.11. The van der Waals surface area contributed by atoms with Crippen LogP contribution in [0, 0.1) is 0 Å². The molecule has 104 valence electrons. The number of hydrogen-bond donors (Lipinski definition) is 2. The molecule has 8 nitrogen and oxygen atoms in total. The monoisotopic (exact) mass is 280 g/mol. The second-order valence-electron chi connectivity index (χ2n) is 3.73. The van der Waals surface area contributed by atoms with Gasteiger partial charge in [0.25, 0.3) is 0 Å². The van der Waals surface area contributed by atoms with Crippen LogP contribution in [0.5, 0.6) is 0 Å². The quantitative estimate of drug-likeness (QED) is 0.573. The third-order valence-corrected chi connectivity index (χ3v) is 4.19. The number of sulfonamides is 1. The zero-order chi connectivity index (χ0) is 13.8. The molecule has 1 atom stereocenters. The van der Waals surface area contributed by atoms with Gasteiger partial charge in [0.1, 0.15) is 6.04 Å². The van der Waals surface area contributed by atoms with Crippen molar-refractivity contribution in [2.45, 2.75) is 13.0 Å². The Kier molecular flexibility index (Phi) is 5.05. The average Bonchev–Trinajstić information content (AvgIpc) is 2.28. The third kappa shape index (κ3) is 3.65. The Hall–Kier alpha value is -1.19. The van der Waals surface area contributed by atoms with E-state index in [2.05, 4.69) is 10.1 Å². The zero-order valence-corrected chi connectivity index (χ0v) is 10.8. The van der Waals surface area contributed by atoms with Crippen molar-refractivity contribution in [3.05, 3.63) is 0 Å². The molecule has 1 saturated heterocycles. The molecular formula is C9H16N2O6S. The number of ether oxygens (including phenoxy) is 1. The van der Waals surface area contributed by atoms with Crippen molar-refractivity contribution >= 4 is 22.0 Å². The summed E-state index contributed by atoms with van der Waals surface area (Å²) in [4.78, 5) is 22.1. The number of hydrogen-bond acceptors (Lipinski definition) is 6. The highest BCUT2D eigenvalue weighted by molar-refractivity contribution is 7.89. The maximum Gasteiger partial charge on any atom is 0.323 e. The van der Waals surface area contributed by atoms with Crippen molar-refractivity contribution in [1.82, 2.24) is 9.62 Å². The molecule has 1 fully saturated rings. The Labute approximate surface area is 105 Å². The lowest BCUT2D eigenvalue weighted by atomic mass is 10.2. The molecule has 1 rings (SSSR count). The molecule has 2 N–H and O–H groups in total. The SMILES string of the molecule is CCOC(=O)CS(=O)(=O)N1CCNCC1C(=O)O. The first-order chi connectivity index (χ1) is 8.38. The third-order valence-electron chi connectivity index (χ3n) is 2.44.